The lowest BCUT2D eigenvalue weighted by Crippen LogP contribution is -2.17. The first-order chi connectivity index (χ1) is 15.7. The second-order valence-electron chi connectivity index (χ2n) is 7.49. The summed E-state index contributed by atoms with van der Waals surface area (Å²) < 4.78 is 28.4. The van der Waals surface area contributed by atoms with Crippen molar-refractivity contribution in [3.05, 3.63) is 83.0 Å². The lowest BCUT2D eigenvalue weighted by atomic mass is 10.1. The van der Waals surface area contributed by atoms with E-state index in [9.17, 15) is 23.1 Å². The van der Waals surface area contributed by atoms with Crippen LogP contribution in [0.3, 0.4) is 0 Å². The van der Waals surface area contributed by atoms with Crippen LogP contribution in [0.2, 0.25) is 0 Å². The first-order valence-electron chi connectivity index (χ1n) is 9.87. The number of carbonyl (C=O) groups is 2. The average molecular weight is 465 g/mol. The number of aryl methyl sites for hydroxylation is 2. The number of hydrogen-bond acceptors (Lipinski definition) is 5. The molecule has 1 heterocycles. The highest BCUT2D eigenvalue weighted by atomic mass is 32.2. The van der Waals surface area contributed by atoms with Crippen LogP contribution in [-0.2, 0) is 10.0 Å². The van der Waals surface area contributed by atoms with Crippen LogP contribution in [-0.4, -0.2) is 35.6 Å². The van der Waals surface area contributed by atoms with Crippen LogP contribution in [0.5, 0.6) is 0 Å². The predicted molar refractivity (Wildman–Crippen MR) is 124 cm³/mol. The van der Waals surface area contributed by atoms with Crippen LogP contribution in [0.25, 0.3) is 10.9 Å². The topological polar surface area (TPSA) is 141 Å². The van der Waals surface area contributed by atoms with E-state index in [2.05, 4.69) is 20.2 Å². The lowest BCUT2D eigenvalue weighted by molar-refractivity contribution is 0.0692. The van der Waals surface area contributed by atoms with E-state index in [4.69, 9.17) is 0 Å². The summed E-state index contributed by atoms with van der Waals surface area (Å²) in [5.74, 6) is -1.72. The third-order valence-corrected chi connectivity index (χ3v) is 6.54. The summed E-state index contributed by atoms with van der Waals surface area (Å²) >= 11 is 0. The molecule has 33 heavy (non-hydrogen) atoms. The molecule has 0 atom stereocenters. The molecule has 10 heteroatoms. The van der Waals surface area contributed by atoms with Gasteiger partial charge in [0, 0.05) is 16.6 Å². The van der Waals surface area contributed by atoms with E-state index >= 15 is 0 Å². The van der Waals surface area contributed by atoms with Crippen LogP contribution in [0, 0.1) is 13.8 Å². The molecule has 0 aliphatic carbocycles. The Morgan fingerprint density at radius 3 is 2.45 bits per heavy atom. The summed E-state index contributed by atoms with van der Waals surface area (Å²) in [6.07, 6.45) is 0. The summed E-state index contributed by atoms with van der Waals surface area (Å²) in [7, 11) is -3.93. The fourth-order valence-corrected chi connectivity index (χ4v) is 4.51. The zero-order chi connectivity index (χ0) is 23.8. The number of aromatic carboxylic acids is 1. The lowest BCUT2D eigenvalue weighted by Gasteiger charge is -2.13. The average Bonchev–Trinajstić information content (AvgIpc) is 3.19. The minimum Gasteiger partial charge on any atom is -0.476 e. The number of rotatable bonds is 6. The zero-order valence-electron chi connectivity index (χ0n) is 17.7. The van der Waals surface area contributed by atoms with Crippen LogP contribution in [0.15, 0.2) is 65.6 Å². The summed E-state index contributed by atoms with van der Waals surface area (Å²) in [5, 5.41) is 18.7. The summed E-state index contributed by atoms with van der Waals surface area (Å²) in [6.45, 7) is 3.49. The number of hydrogen-bond donors (Lipinski definition) is 4. The van der Waals surface area contributed by atoms with Crippen molar-refractivity contribution in [2.75, 3.05) is 10.0 Å². The minimum absolute atomic E-state index is 0.0556. The molecule has 0 saturated carbocycles. The zero-order valence-corrected chi connectivity index (χ0v) is 18.5. The molecule has 0 aliphatic rings. The fourth-order valence-electron chi connectivity index (χ4n) is 3.36. The Balaban J connectivity index is 1.63. The molecule has 0 radical (unpaired) electrons. The number of nitrogens with one attached hydrogen (secondary N) is 3. The molecule has 0 bridgehead atoms. The van der Waals surface area contributed by atoms with E-state index < -0.39 is 21.9 Å². The van der Waals surface area contributed by atoms with Gasteiger partial charge in [-0.1, -0.05) is 24.3 Å². The SMILES string of the molecule is Cc1ccccc1NS(=O)(=O)c1ccc(C)c(C(=O)Nc2ccc3[nH]nc(C(=O)O)c3c2)c1. The van der Waals surface area contributed by atoms with Crippen LogP contribution in [0.1, 0.15) is 32.0 Å². The summed E-state index contributed by atoms with van der Waals surface area (Å²) in [6, 6.07) is 16.0. The van der Waals surface area contributed by atoms with Gasteiger partial charge in [0.05, 0.1) is 16.1 Å². The number of para-hydroxylation sites is 1. The van der Waals surface area contributed by atoms with Crippen molar-refractivity contribution >= 4 is 44.2 Å². The van der Waals surface area contributed by atoms with Crippen LogP contribution < -0.4 is 10.0 Å². The Labute approximate surface area is 189 Å². The number of amides is 1. The summed E-state index contributed by atoms with van der Waals surface area (Å²) in [5.41, 5.74) is 2.67. The number of H-pyrrole nitrogens is 1. The van der Waals surface area contributed by atoms with E-state index in [0.717, 1.165) is 5.56 Å². The van der Waals surface area contributed by atoms with Crippen molar-refractivity contribution in [3.63, 3.8) is 0 Å². The number of sulfonamides is 1. The maximum absolute atomic E-state index is 13.0. The van der Waals surface area contributed by atoms with Crippen molar-refractivity contribution in [1.82, 2.24) is 10.2 Å². The van der Waals surface area contributed by atoms with Crippen molar-refractivity contribution in [3.8, 4) is 0 Å². The Morgan fingerprint density at radius 2 is 1.73 bits per heavy atom. The minimum atomic E-state index is -3.93. The van der Waals surface area contributed by atoms with Gasteiger partial charge in [0.25, 0.3) is 15.9 Å². The van der Waals surface area contributed by atoms with E-state index in [1.165, 1.54) is 18.2 Å². The molecule has 0 unspecified atom stereocenters. The largest absolute Gasteiger partial charge is 0.476 e. The van der Waals surface area contributed by atoms with Crippen molar-refractivity contribution < 1.29 is 23.1 Å². The number of benzene rings is 3. The Bertz CT molecular complexity index is 1510. The number of nitrogens with zero attached hydrogens (tertiary/aromatic N) is 1. The highest BCUT2D eigenvalue weighted by Crippen LogP contribution is 2.24. The number of carbonyl (C=O) groups excluding carboxylic acids is 1. The quantitative estimate of drug-likeness (QED) is 0.341. The molecule has 1 aromatic heterocycles. The van der Waals surface area contributed by atoms with E-state index in [0.29, 0.717) is 27.8 Å². The molecule has 168 valence electrons. The van der Waals surface area contributed by atoms with Gasteiger partial charge in [-0.25, -0.2) is 13.2 Å². The normalized spacial score (nSPS) is 11.3. The number of carboxylic acids is 1. The second-order valence-corrected chi connectivity index (χ2v) is 9.17. The summed E-state index contributed by atoms with van der Waals surface area (Å²) in [4.78, 5) is 24.2. The van der Waals surface area contributed by atoms with Gasteiger partial charge in [0.1, 0.15) is 0 Å². The van der Waals surface area contributed by atoms with E-state index in [-0.39, 0.29) is 16.2 Å². The van der Waals surface area contributed by atoms with Crippen molar-refractivity contribution in [2.24, 2.45) is 0 Å². The highest BCUT2D eigenvalue weighted by Gasteiger charge is 2.20. The monoisotopic (exact) mass is 464 g/mol. The Kier molecular flexibility index (Phi) is 5.60. The van der Waals surface area contributed by atoms with Gasteiger partial charge >= 0.3 is 5.97 Å². The molecule has 4 N–H and O–H groups in total. The maximum Gasteiger partial charge on any atom is 0.357 e. The number of anilines is 2. The van der Waals surface area contributed by atoms with Gasteiger partial charge in [0.15, 0.2) is 5.69 Å². The molecule has 4 rings (SSSR count). The smallest absolute Gasteiger partial charge is 0.357 e. The van der Waals surface area contributed by atoms with Gasteiger partial charge in [0.2, 0.25) is 0 Å². The third kappa shape index (κ3) is 4.41. The molecule has 3 aromatic carbocycles. The van der Waals surface area contributed by atoms with Gasteiger partial charge in [-0.2, -0.15) is 5.10 Å². The first kappa shape index (κ1) is 22.0. The van der Waals surface area contributed by atoms with Gasteiger partial charge in [-0.05, 0) is 61.4 Å². The fraction of sp³-hybridized carbons (Fsp3) is 0.0870. The predicted octanol–water partition coefficient (Wildman–Crippen LogP) is 3.93. The third-order valence-electron chi connectivity index (χ3n) is 5.18. The number of aromatic amines is 1. The molecule has 9 nitrogen and oxygen atoms in total. The van der Waals surface area contributed by atoms with Gasteiger partial charge in [-0.3, -0.25) is 14.6 Å². The molecule has 0 spiro atoms. The van der Waals surface area contributed by atoms with Gasteiger partial charge < -0.3 is 10.4 Å². The molecule has 1 amide bonds. The number of fused-ring (bicyclic) bond motifs is 1. The van der Waals surface area contributed by atoms with Crippen molar-refractivity contribution in [1.29, 1.82) is 0 Å². The number of aromatic nitrogens is 2. The second kappa shape index (κ2) is 8.40. The molecule has 0 aliphatic heterocycles. The van der Waals surface area contributed by atoms with Gasteiger partial charge in [-0.15, -0.1) is 0 Å². The maximum atomic E-state index is 13.0. The first-order valence-corrected chi connectivity index (χ1v) is 11.4. The highest BCUT2D eigenvalue weighted by molar-refractivity contribution is 7.92. The van der Waals surface area contributed by atoms with Crippen LogP contribution in [0.4, 0.5) is 11.4 Å². The molecule has 4 aromatic rings. The number of carboxylic acid groups (broad SMARTS) is 1. The van der Waals surface area contributed by atoms with Crippen LogP contribution >= 0.6 is 0 Å². The molecule has 0 fully saturated rings. The molecule has 0 saturated heterocycles. The Morgan fingerprint density at radius 1 is 0.970 bits per heavy atom. The standard InChI is InChI=1S/C23H20N4O5S/c1-13-7-9-16(33(31,32)27-19-6-4-3-5-14(19)2)12-17(13)22(28)24-15-8-10-20-18(11-15)21(23(29)30)26-25-20/h3-12,27H,1-2H3,(H,24,28)(H,25,26)(H,29,30). The molecular formula is C23H20N4O5S. The molecular weight excluding hydrogens is 444 g/mol. The van der Waals surface area contributed by atoms with E-state index in [1.54, 1.807) is 50.2 Å². The Hall–Kier alpha value is -4.18. The van der Waals surface area contributed by atoms with Crippen molar-refractivity contribution in [2.45, 2.75) is 18.7 Å². The van der Waals surface area contributed by atoms with E-state index in [1.807, 2.05) is 6.07 Å².